The third-order valence-electron chi connectivity index (χ3n) is 5.14. The molecular formula is C19H19F3N6O3. The molecule has 1 saturated heterocycles. The molecule has 0 unspecified atom stereocenters. The largest absolute Gasteiger partial charge is 0.416 e. The summed E-state index contributed by atoms with van der Waals surface area (Å²) >= 11 is 0. The van der Waals surface area contributed by atoms with Gasteiger partial charge < -0.3 is 15.3 Å². The van der Waals surface area contributed by atoms with E-state index in [4.69, 9.17) is 5.11 Å². The maximum absolute atomic E-state index is 13.0. The monoisotopic (exact) mass is 436 g/mol. The molecule has 2 aliphatic heterocycles. The Labute approximate surface area is 174 Å². The van der Waals surface area contributed by atoms with Gasteiger partial charge in [0, 0.05) is 19.3 Å². The molecule has 2 aromatic rings. The van der Waals surface area contributed by atoms with Gasteiger partial charge in [0.1, 0.15) is 11.5 Å². The SMILES string of the molecule is O=C(NC[C@H](O)C(F)(F)F)c1ccc2c(n1)N(C(=O)Nc1ccccn1)[C@H]1CCN2C1. The predicted octanol–water partition coefficient (Wildman–Crippen LogP) is 1.76. The molecule has 4 heterocycles. The van der Waals surface area contributed by atoms with Crippen molar-refractivity contribution >= 4 is 29.3 Å². The summed E-state index contributed by atoms with van der Waals surface area (Å²) in [6, 6.07) is 7.41. The van der Waals surface area contributed by atoms with E-state index in [2.05, 4.69) is 15.3 Å². The zero-order valence-corrected chi connectivity index (χ0v) is 16.1. The highest BCUT2D eigenvalue weighted by Crippen LogP contribution is 2.39. The first-order valence-corrected chi connectivity index (χ1v) is 9.54. The van der Waals surface area contributed by atoms with Gasteiger partial charge in [0.15, 0.2) is 11.9 Å². The van der Waals surface area contributed by atoms with Crippen molar-refractivity contribution in [2.45, 2.75) is 24.7 Å². The Hall–Kier alpha value is -3.41. The van der Waals surface area contributed by atoms with E-state index in [0.29, 0.717) is 31.0 Å². The molecule has 2 atom stereocenters. The first-order chi connectivity index (χ1) is 14.7. The highest BCUT2D eigenvalue weighted by atomic mass is 19.4. The normalized spacial score (nSPS) is 18.4. The lowest BCUT2D eigenvalue weighted by Gasteiger charge is -2.35. The van der Waals surface area contributed by atoms with Gasteiger partial charge in [0.2, 0.25) is 0 Å². The van der Waals surface area contributed by atoms with Gasteiger partial charge in [-0.25, -0.2) is 14.8 Å². The van der Waals surface area contributed by atoms with Gasteiger partial charge >= 0.3 is 12.2 Å². The maximum Gasteiger partial charge on any atom is 0.416 e. The summed E-state index contributed by atoms with van der Waals surface area (Å²) < 4.78 is 37.4. The van der Waals surface area contributed by atoms with Crippen LogP contribution in [0.15, 0.2) is 36.5 Å². The van der Waals surface area contributed by atoms with E-state index in [-0.39, 0.29) is 17.6 Å². The lowest BCUT2D eigenvalue weighted by Crippen LogP contribution is -2.48. The van der Waals surface area contributed by atoms with Crippen LogP contribution >= 0.6 is 0 Å². The number of aromatic nitrogens is 2. The van der Waals surface area contributed by atoms with E-state index in [1.54, 1.807) is 24.3 Å². The molecule has 0 spiro atoms. The van der Waals surface area contributed by atoms with Crippen molar-refractivity contribution in [3.05, 3.63) is 42.2 Å². The van der Waals surface area contributed by atoms with E-state index >= 15 is 0 Å². The standard InChI is InChI=1S/C19H19F3N6O3/c20-19(21,22)14(29)9-24-17(30)12-4-5-13-16(25-12)28(11-6-8-27(13)10-11)18(31)26-15-3-1-2-7-23-15/h1-5,7,11,14,29H,6,8-10H2,(H,24,30)(H,23,26,31)/t11-,14-/m0/s1. The number of nitrogens with zero attached hydrogens (tertiary/aromatic N) is 4. The summed E-state index contributed by atoms with van der Waals surface area (Å²) in [4.78, 5) is 37.1. The highest BCUT2D eigenvalue weighted by Gasteiger charge is 2.41. The molecule has 31 heavy (non-hydrogen) atoms. The fraction of sp³-hybridized carbons (Fsp3) is 0.368. The molecule has 3 amide bonds. The number of pyridine rings is 2. The Balaban J connectivity index is 1.57. The molecule has 0 radical (unpaired) electrons. The average molecular weight is 436 g/mol. The van der Waals surface area contributed by atoms with Crippen LogP contribution in [0.2, 0.25) is 0 Å². The second-order valence-corrected chi connectivity index (χ2v) is 7.21. The molecule has 1 fully saturated rings. The number of nitrogens with one attached hydrogen (secondary N) is 2. The first kappa shape index (κ1) is 20.8. The number of urea groups is 1. The van der Waals surface area contributed by atoms with Crippen LogP contribution in [0.4, 0.5) is 35.3 Å². The number of halogens is 3. The highest BCUT2D eigenvalue weighted by molar-refractivity contribution is 6.05. The molecule has 0 aromatic carbocycles. The smallest absolute Gasteiger partial charge is 0.382 e. The fourth-order valence-electron chi connectivity index (χ4n) is 3.60. The summed E-state index contributed by atoms with van der Waals surface area (Å²) in [7, 11) is 0. The Bertz CT molecular complexity index is 988. The van der Waals surface area contributed by atoms with Crippen LogP contribution in [0, 0.1) is 0 Å². The van der Waals surface area contributed by atoms with Crippen LogP contribution in [0.1, 0.15) is 16.9 Å². The minimum absolute atomic E-state index is 0.161. The summed E-state index contributed by atoms with van der Waals surface area (Å²) in [5.74, 6) is -0.292. The van der Waals surface area contributed by atoms with E-state index in [1.165, 1.54) is 17.2 Å². The third kappa shape index (κ3) is 4.24. The molecule has 12 heteroatoms. The number of hydrogen-bond acceptors (Lipinski definition) is 6. The number of amides is 3. The molecule has 2 bridgehead atoms. The van der Waals surface area contributed by atoms with Gasteiger partial charge in [-0.1, -0.05) is 6.07 Å². The van der Waals surface area contributed by atoms with Crippen molar-refractivity contribution in [3.63, 3.8) is 0 Å². The number of hydrogen-bond donors (Lipinski definition) is 3. The molecule has 0 aliphatic carbocycles. The predicted molar refractivity (Wildman–Crippen MR) is 105 cm³/mol. The Morgan fingerprint density at radius 1 is 1.26 bits per heavy atom. The summed E-state index contributed by atoms with van der Waals surface area (Å²) in [5.41, 5.74) is 0.489. The summed E-state index contributed by atoms with van der Waals surface area (Å²) in [6.45, 7) is 0.309. The van der Waals surface area contributed by atoms with Crippen molar-refractivity contribution in [2.75, 3.05) is 34.8 Å². The van der Waals surface area contributed by atoms with Crippen molar-refractivity contribution in [1.82, 2.24) is 15.3 Å². The topological polar surface area (TPSA) is 111 Å². The number of carbonyl (C=O) groups is 2. The Morgan fingerprint density at radius 3 is 2.77 bits per heavy atom. The number of anilines is 3. The minimum Gasteiger partial charge on any atom is -0.382 e. The number of aliphatic hydroxyl groups is 1. The second kappa shape index (κ2) is 8.02. The van der Waals surface area contributed by atoms with Crippen LogP contribution in [-0.2, 0) is 0 Å². The number of carbonyl (C=O) groups excluding carboxylic acids is 2. The summed E-state index contributed by atoms with van der Waals surface area (Å²) in [5, 5.41) is 13.8. The van der Waals surface area contributed by atoms with Gasteiger partial charge in [-0.15, -0.1) is 0 Å². The lowest BCUT2D eigenvalue weighted by molar-refractivity contribution is -0.201. The molecule has 3 N–H and O–H groups in total. The molecular weight excluding hydrogens is 417 g/mol. The molecule has 2 aliphatic rings. The van der Waals surface area contributed by atoms with Gasteiger partial charge in [0.25, 0.3) is 5.91 Å². The van der Waals surface area contributed by atoms with Crippen molar-refractivity contribution < 1.29 is 27.9 Å². The van der Waals surface area contributed by atoms with Crippen LogP contribution in [0.5, 0.6) is 0 Å². The molecule has 0 saturated carbocycles. The van der Waals surface area contributed by atoms with Crippen LogP contribution in [-0.4, -0.2) is 65.0 Å². The second-order valence-electron chi connectivity index (χ2n) is 7.21. The number of alkyl halides is 3. The van der Waals surface area contributed by atoms with E-state index < -0.39 is 30.8 Å². The van der Waals surface area contributed by atoms with Gasteiger partial charge in [-0.3, -0.25) is 15.0 Å². The van der Waals surface area contributed by atoms with Crippen LogP contribution in [0.3, 0.4) is 0 Å². The van der Waals surface area contributed by atoms with E-state index in [9.17, 15) is 22.8 Å². The van der Waals surface area contributed by atoms with Crippen LogP contribution < -0.4 is 20.4 Å². The average Bonchev–Trinajstić information content (AvgIpc) is 3.15. The zero-order valence-electron chi connectivity index (χ0n) is 16.1. The Morgan fingerprint density at radius 2 is 2.06 bits per heavy atom. The van der Waals surface area contributed by atoms with Crippen LogP contribution in [0.25, 0.3) is 0 Å². The fourth-order valence-corrected chi connectivity index (χ4v) is 3.60. The molecule has 9 nitrogen and oxygen atoms in total. The Kier molecular flexibility index (Phi) is 5.39. The molecule has 4 rings (SSSR count). The number of aliphatic hydroxyl groups excluding tert-OH is 1. The van der Waals surface area contributed by atoms with E-state index in [0.717, 1.165) is 0 Å². The van der Waals surface area contributed by atoms with Gasteiger partial charge in [-0.2, -0.15) is 13.2 Å². The summed E-state index contributed by atoms with van der Waals surface area (Å²) in [6.07, 6.45) is -5.29. The van der Waals surface area contributed by atoms with Crippen molar-refractivity contribution in [2.24, 2.45) is 0 Å². The lowest BCUT2D eigenvalue weighted by atomic mass is 10.1. The maximum atomic E-state index is 13.0. The van der Waals surface area contributed by atoms with Crippen molar-refractivity contribution in [1.29, 1.82) is 0 Å². The first-order valence-electron chi connectivity index (χ1n) is 9.54. The number of fused-ring (bicyclic) bond motifs is 4. The van der Waals surface area contributed by atoms with Crippen molar-refractivity contribution in [3.8, 4) is 0 Å². The zero-order chi connectivity index (χ0) is 22.2. The molecule has 2 aromatic heterocycles. The molecule has 164 valence electrons. The van der Waals surface area contributed by atoms with E-state index in [1.807, 2.05) is 10.2 Å². The minimum atomic E-state index is -4.84. The van der Waals surface area contributed by atoms with Gasteiger partial charge in [0.05, 0.1) is 18.3 Å². The quantitative estimate of drug-likeness (QED) is 0.674. The van der Waals surface area contributed by atoms with Gasteiger partial charge in [-0.05, 0) is 30.7 Å². The number of rotatable bonds is 4. The third-order valence-corrected chi connectivity index (χ3v) is 5.14.